The Bertz CT molecular complexity index is 468. The fourth-order valence-electron chi connectivity index (χ4n) is 2.87. The summed E-state index contributed by atoms with van der Waals surface area (Å²) >= 11 is 0. The van der Waals surface area contributed by atoms with Gasteiger partial charge >= 0.3 is 0 Å². The van der Waals surface area contributed by atoms with Gasteiger partial charge in [0, 0.05) is 18.2 Å². The molecule has 0 saturated carbocycles. The molecular formula is C17H26N2O. The van der Waals surface area contributed by atoms with E-state index in [2.05, 4.69) is 49.6 Å². The molecule has 0 spiro atoms. The van der Waals surface area contributed by atoms with Crippen LogP contribution < -0.4 is 10.6 Å². The summed E-state index contributed by atoms with van der Waals surface area (Å²) in [6.07, 6.45) is 3.11. The largest absolute Gasteiger partial charge is 0.352 e. The number of nitrogens with one attached hydrogen (secondary N) is 2. The van der Waals surface area contributed by atoms with Gasteiger partial charge in [-0.25, -0.2) is 0 Å². The Balaban J connectivity index is 2.29. The van der Waals surface area contributed by atoms with Gasteiger partial charge in [-0.2, -0.15) is 0 Å². The van der Waals surface area contributed by atoms with Crippen molar-refractivity contribution in [3.63, 3.8) is 0 Å². The Morgan fingerprint density at radius 3 is 2.85 bits per heavy atom. The van der Waals surface area contributed by atoms with Crippen LogP contribution in [0.25, 0.3) is 0 Å². The average Bonchev–Trinajstić information content (AvgIpc) is 2.60. The number of carbonyl (C=O) groups excluding carboxylic acids is 1. The summed E-state index contributed by atoms with van der Waals surface area (Å²) in [6.45, 7) is 8.33. The van der Waals surface area contributed by atoms with Gasteiger partial charge < -0.3 is 10.6 Å². The molecule has 2 N–H and O–H groups in total. The number of carbonyl (C=O) groups is 1. The summed E-state index contributed by atoms with van der Waals surface area (Å²) in [5.74, 6) is 0.714. The van der Waals surface area contributed by atoms with Crippen molar-refractivity contribution in [2.45, 2.75) is 46.1 Å². The molecule has 3 nitrogen and oxygen atoms in total. The lowest BCUT2D eigenvalue weighted by atomic mass is 9.93. The highest BCUT2D eigenvalue weighted by atomic mass is 16.1. The van der Waals surface area contributed by atoms with E-state index in [-0.39, 0.29) is 5.91 Å². The summed E-state index contributed by atoms with van der Waals surface area (Å²) in [6, 6.07) is 6.75. The predicted octanol–water partition coefficient (Wildman–Crippen LogP) is 3.06. The van der Waals surface area contributed by atoms with E-state index in [1.54, 1.807) is 0 Å². The highest BCUT2D eigenvalue weighted by Gasteiger charge is 2.18. The predicted molar refractivity (Wildman–Crippen MR) is 83.0 cm³/mol. The molecule has 0 radical (unpaired) electrons. The van der Waals surface area contributed by atoms with E-state index in [0.29, 0.717) is 12.0 Å². The molecule has 0 bridgehead atoms. The summed E-state index contributed by atoms with van der Waals surface area (Å²) in [5, 5.41) is 6.52. The van der Waals surface area contributed by atoms with Gasteiger partial charge in [0.2, 0.25) is 0 Å². The maximum atomic E-state index is 12.1. The van der Waals surface area contributed by atoms with Crippen LogP contribution in [0.15, 0.2) is 18.2 Å². The van der Waals surface area contributed by atoms with Gasteiger partial charge in [0.25, 0.3) is 5.91 Å². The van der Waals surface area contributed by atoms with Crippen LogP contribution in [0.3, 0.4) is 0 Å². The molecule has 1 aliphatic rings. The second-order valence-corrected chi connectivity index (χ2v) is 6.02. The fraction of sp³-hybridized carbons (Fsp3) is 0.588. The second kappa shape index (κ2) is 6.89. The van der Waals surface area contributed by atoms with Crippen molar-refractivity contribution in [3.8, 4) is 0 Å². The standard InChI is InChI=1S/C17H26N2O/c1-4-18-16(10-12(2)3)14-8-7-13-6-5-9-19-17(20)15(13)11-14/h7-8,11-12,16,18H,4-6,9-10H2,1-3H3,(H,19,20). The molecule has 1 unspecified atom stereocenters. The van der Waals surface area contributed by atoms with E-state index in [1.807, 2.05) is 0 Å². The monoisotopic (exact) mass is 274 g/mol. The van der Waals surface area contributed by atoms with Crippen LogP contribution in [0, 0.1) is 5.92 Å². The van der Waals surface area contributed by atoms with E-state index in [9.17, 15) is 4.79 Å². The Morgan fingerprint density at radius 2 is 2.15 bits per heavy atom. The average molecular weight is 274 g/mol. The number of rotatable bonds is 5. The maximum absolute atomic E-state index is 12.1. The molecule has 0 fully saturated rings. The van der Waals surface area contributed by atoms with E-state index >= 15 is 0 Å². The normalized spacial score (nSPS) is 16.5. The van der Waals surface area contributed by atoms with E-state index < -0.39 is 0 Å². The van der Waals surface area contributed by atoms with Crippen molar-refractivity contribution in [2.75, 3.05) is 13.1 Å². The van der Waals surface area contributed by atoms with Crippen molar-refractivity contribution in [1.29, 1.82) is 0 Å². The molecule has 1 heterocycles. The van der Waals surface area contributed by atoms with Gasteiger partial charge in [-0.05, 0) is 48.9 Å². The van der Waals surface area contributed by atoms with Crippen LogP contribution in [0.2, 0.25) is 0 Å². The zero-order valence-electron chi connectivity index (χ0n) is 12.8. The first-order chi connectivity index (χ1) is 9.61. The molecule has 1 aromatic rings. The summed E-state index contributed by atoms with van der Waals surface area (Å²) in [4.78, 5) is 12.1. The molecule has 110 valence electrons. The molecule has 2 rings (SSSR count). The number of fused-ring (bicyclic) bond motifs is 1. The second-order valence-electron chi connectivity index (χ2n) is 6.02. The van der Waals surface area contributed by atoms with Gasteiger partial charge in [0.05, 0.1) is 0 Å². The molecule has 0 saturated heterocycles. The highest BCUT2D eigenvalue weighted by molar-refractivity contribution is 5.96. The van der Waals surface area contributed by atoms with Gasteiger partial charge in [-0.3, -0.25) is 4.79 Å². The van der Waals surface area contributed by atoms with Crippen LogP contribution in [-0.2, 0) is 6.42 Å². The number of aryl methyl sites for hydroxylation is 1. The van der Waals surface area contributed by atoms with Gasteiger partial charge in [-0.1, -0.05) is 32.9 Å². The summed E-state index contributed by atoms with van der Waals surface area (Å²) in [5.41, 5.74) is 3.28. The number of benzene rings is 1. The molecule has 0 aliphatic carbocycles. The van der Waals surface area contributed by atoms with Crippen LogP contribution in [0.4, 0.5) is 0 Å². The summed E-state index contributed by atoms with van der Waals surface area (Å²) < 4.78 is 0. The summed E-state index contributed by atoms with van der Waals surface area (Å²) in [7, 11) is 0. The van der Waals surface area contributed by atoms with E-state index in [0.717, 1.165) is 37.9 Å². The number of amides is 1. The fourth-order valence-corrected chi connectivity index (χ4v) is 2.87. The zero-order chi connectivity index (χ0) is 14.5. The Hall–Kier alpha value is -1.35. The molecule has 20 heavy (non-hydrogen) atoms. The van der Waals surface area contributed by atoms with Crippen LogP contribution in [0.5, 0.6) is 0 Å². The SMILES string of the molecule is CCNC(CC(C)C)c1ccc2c(c1)C(=O)NCCC2. The third kappa shape index (κ3) is 3.60. The third-order valence-electron chi connectivity index (χ3n) is 3.85. The van der Waals surface area contributed by atoms with Crippen LogP contribution in [-0.4, -0.2) is 19.0 Å². The lowest BCUT2D eigenvalue weighted by Crippen LogP contribution is -2.25. The maximum Gasteiger partial charge on any atom is 0.251 e. The Kier molecular flexibility index (Phi) is 5.18. The molecule has 1 aromatic carbocycles. The van der Waals surface area contributed by atoms with E-state index in [1.165, 1.54) is 11.1 Å². The minimum atomic E-state index is 0.0825. The molecule has 1 aliphatic heterocycles. The van der Waals surface area contributed by atoms with Crippen LogP contribution in [0.1, 0.15) is 61.1 Å². The topological polar surface area (TPSA) is 41.1 Å². The molecule has 1 amide bonds. The third-order valence-corrected chi connectivity index (χ3v) is 3.85. The number of hydrogen-bond acceptors (Lipinski definition) is 2. The first-order valence-corrected chi connectivity index (χ1v) is 7.76. The first kappa shape index (κ1) is 15.0. The lowest BCUT2D eigenvalue weighted by Gasteiger charge is -2.21. The van der Waals surface area contributed by atoms with Crippen molar-refractivity contribution in [3.05, 3.63) is 34.9 Å². The quantitative estimate of drug-likeness (QED) is 0.866. The molecule has 1 atom stereocenters. The Labute approximate surface area is 122 Å². The van der Waals surface area contributed by atoms with Gasteiger partial charge in [0.15, 0.2) is 0 Å². The van der Waals surface area contributed by atoms with Gasteiger partial charge in [-0.15, -0.1) is 0 Å². The number of hydrogen-bond donors (Lipinski definition) is 2. The van der Waals surface area contributed by atoms with Gasteiger partial charge in [0.1, 0.15) is 0 Å². The van der Waals surface area contributed by atoms with Crippen LogP contribution >= 0.6 is 0 Å². The minimum absolute atomic E-state index is 0.0825. The van der Waals surface area contributed by atoms with Crippen molar-refractivity contribution in [1.82, 2.24) is 10.6 Å². The first-order valence-electron chi connectivity index (χ1n) is 7.76. The molecule has 3 heteroatoms. The van der Waals surface area contributed by atoms with E-state index in [4.69, 9.17) is 0 Å². The zero-order valence-corrected chi connectivity index (χ0v) is 12.8. The minimum Gasteiger partial charge on any atom is -0.352 e. The lowest BCUT2D eigenvalue weighted by molar-refractivity contribution is 0.0956. The Morgan fingerprint density at radius 1 is 1.35 bits per heavy atom. The molecule has 0 aromatic heterocycles. The van der Waals surface area contributed by atoms with Crippen molar-refractivity contribution >= 4 is 5.91 Å². The smallest absolute Gasteiger partial charge is 0.251 e. The highest BCUT2D eigenvalue weighted by Crippen LogP contribution is 2.25. The van der Waals surface area contributed by atoms with Crippen molar-refractivity contribution < 1.29 is 4.79 Å². The van der Waals surface area contributed by atoms with Crippen molar-refractivity contribution in [2.24, 2.45) is 5.92 Å². The molecular weight excluding hydrogens is 248 g/mol.